The number of aryl methyl sites for hydroxylation is 1. The van der Waals surface area contributed by atoms with Crippen LogP contribution in [0.5, 0.6) is 0 Å². The number of aromatic nitrogens is 1. The van der Waals surface area contributed by atoms with E-state index in [1.54, 1.807) is 11.3 Å². The van der Waals surface area contributed by atoms with Crippen molar-refractivity contribution in [3.63, 3.8) is 0 Å². The second-order valence-electron chi connectivity index (χ2n) is 5.68. The summed E-state index contributed by atoms with van der Waals surface area (Å²) < 4.78 is 0. The average molecular weight is 307 g/mol. The van der Waals surface area contributed by atoms with E-state index in [0.717, 1.165) is 30.5 Å². The van der Waals surface area contributed by atoms with Crippen LogP contribution in [0.4, 0.5) is 0 Å². The molecule has 1 aromatic heterocycles. The molecule has 0 amide bonds. The van der Waals surface area contributed by atoms with Gasteiger partial charge >= 0.3 is 0 Å². The van der Waals surface area contributed by atoms with Crippen molar-refractivity contribution in [2.45, 2.75) is 46.0 Å². The Kier molecular flexibility index (Phi) is 5.22. The Morgan fingerprint density at radius 3 is 3.05 bits per heavy atom. The number of hydrogen-bond donors (Lipinski definition) is 1. The normalized spacial score (nSPS) is 22.5. The highest BCUT2D eigenvalue weighted by molar-refractivity contribution is 7.11. The number of thiazole rings is 1. The van der Waals surface area contributed by atoms with Crippen LogP contribution in [0.3, 0.4) is 0 Å². The number of nitrogens with one attached hydrogen (secondary N) is 1. The van der Waals surface area contributed by atoms with Gasteiger partial charge in [-0.15, -0.1) is 11.3 Å². The van der Waals surface area contributed by atoms with Gasteiger partial charge in [-0.2, -0.15) is 0 Å². The molecule has 6 heteroatoms. The first-order valence-corrected chi connectivity index (χ1v) is 8.16. The lowest BCUT2D eigenvalue weighted by Gasteiger charge is -2.28. The lowest BCUT2D eigenvalue weighted by molar-refractivity contribution is -0.403. The second-order valence-corrected chi connectivity index (χ2v) is 6.88. The van der Waals surface area contributed by atoms with Gasteiger partial charge in [0.15, 0.2) is 0 Å². The molecule has 1 fully saturated rings. The Balaban J connectivity index is 2.00. The zero-order valence-corrected chi connectivity index (χ0v) is 13.3. The Morgan fingerprint density at radius 1 is 1.67 bits per heavy atom. The Morgan fingerprint density at radius 2 is 2.43 bits per heavy atom. The molecular weight excluding hydrogens is 286 g/mol. The maximum Gasteiger partial charge on any atom is 0.239 e. The van der Waals surface area contributed by atoms with Gasteiger partial charge in [0.2, 0.25) is 6.20 Å². The third-order valence-corrected chi connectivity index (χ3v) is 5.29. The minimum Gasteiger partial charge on any atom is -0.305 e. The summed E-state index contributed by atoms with van der Waals surface area (Å²) in [6, 6.07) is 0. The van der Waals surface area contributed by atoms with Gasteiger partial charge in [-0.25, -0.2) is 4.98 Å². The van der Waals surface area contributed by atoms with E-state index in [0.29, 0.717) is 36.0 Å². The molecular formula is C15H21N3O2S. The summed E-state index contributed by atoms with van der Waals surface area (Å²) in [6.45, 7) is 4.31. The second kappa shape index (κ2) is 6.93. The van der Waals surface area contributed by atoms with Crippen molar-refractivity contribution in [3.8, 4) is 0 Å². The fraction of sp³-hybridized carbons (Fsp3) is 0.600. The number of hydrogen-bond acceptors (Lipinski definition) is 5. The van der Waals surface area contributed by atoms with E-state index in [2.05, 4.69) is 18.8 Å². The topological polar surface area (TPSA) is 79.9 Å². The molecule has 0 aliphatic heterocycles. The van der Waals surface area contributed by atoms with Crippen LogP contribution in [0.15, 0.2) is 18.0 Å². The highest BCUT2D eigenvalue weighted by Crippen LogP contribution is 2.34. The third-order valence-electron chi connectivity index (χ3n) is 4.13. The fourth-order valence-electron chi connectivity index (χ4n) is 2.83. The molecule has 0 bridgehead atoms. The van der Waals surface area contributed by atoms with Crippen LogP contribution in [0, 0.1) is 27.4 Å². The molecule has 2 rings (SSSR count). The summed E-state index contributed by atoms with van der Waals surface area (Å²) in [5.41, 5.74) is 1.03. The number of rotatable bonds is 5. The van der Waals surface area contributed by atoms with E-state index >= 15 is 0 Å². The summed E-state index contributed by atoms with van der Waals surface area (Å²) in [4.78, 5) is 15.9. The van der Waals surface area contributed by atoms with Crippen molar-refractivity contribution in [1.29, 1.82) is 5.41 Å². The van der Waals surface area contributed by atoms with Crippen molar-refractivity contribution in [3.05, 3.63) is 38.0 Å². The van der Waals surface area contributed by atoms with Gasteiger partial charge in [-0.3, -0.25) is 10.1 Å². The Bertz CT molecular complexity index is 565. The molecule has 5 nitrogen and oxygen atoms in total. The molecule has 0 saturated heterocycles. The van der Waals surface area contributed by atoms with E-state index in [-0.39, 0.29) is 0 Å². The summed E-state index contributed by atoms with van der Waals surface area (Å²) in [5, 5.41) is 19.6. The molecule has 0 aromatic carbocycles. The van der Waals surface area contributed by atoms with Crippen molar-refractivity contribution in [2.75, 3.05) is 0 Å². The van der Waals surface area contributed by atoms with Gasteiger partial charge in [0.25, 0.3) is 0 Å². The summed E-state index contributed by atoms with van der Waals surface area (Å²) in [6.07, 6.45) is 7.17. The molecule has 2 atom stereocenters. The van der Waals surface area contributed by atoms with Crippen LogP contribution in [0.2, 0.25) is 0 Å². The number of nitrogens with zero attached hydrogens (tertiary/aromatic N) is 2. The minimum absolute atomic E-state index is 0.414. The molecule has 1 aromatic rings. The van der Waals surface area contributed by atoms with Crippen LogP contribution in [-0.4, -0.2) is 15.6 Å². The largest absolute Gasteiger partial charge is 0.305 e. The maximum atomic E-state index is 10.6. The van der Waals surface area contributed by atoms with Crippen molar-refractivity contribution >= 4 is 17.0 Å². The first kappa shape index (κ1) is 15.8. The highest BCUT2D eigenvalue weighted by atomic mass is 32.1. The molecule has 0 spiro atoms. The van der Waals surface area contributed by atoms with Crippen LogP contribution < -0.4 is 0 Å². The summed E-state index contributed by atoms with van der Waals surface area (Å²) in [5.74, 6) is 0.871. The zero-order valence-electron chi connectivity index (χ0n) is 12.5. The average Bonchev–Trinajstić information content (AvgIpc) is 2.88. The van der Waals surface area contributed by atoms with Gasteiger partial charge in [-0.05, 0) is 43.9 Å². The van der Waals surface area contributed by atoms with E-state index in [1.165, 1.54) is 4.88 Å². The molecule has 1 aliphatic rings. The minimum atomic E-state index is -0.437. The van der Waals surface area contributed by atoms with E-state index in [4.69, 9.17) is 5.41 Å². The Hall–Kier alpha value is -1.56. The van der Waals surface area contributed by atoms with Crippen LogP contribution in [0.1, 0.15) is 43.0 Å². The monoisotopic (exact) mass is 307 g/mol. The molecule has 21 heavy (non-hydrogen) atoms. The predicted molar refractivity (Wildman–Crippen MR) is 84.5 cm³/mol. The van der Waals surface area contributed by atoms with E-state index in [9.17, 15) is 10.1 Å². The molecule has 114 valence electrons. The number of allylic oxidation sites excluding steroid dienone is 1. The van der Waals surface area contributed by atoms with Crippen LogP contribution in [-0.2, 0) is 12.8 Å². The molecule has 1 aliphatic carbocycles. The van der Waals surface area contributed by atoms with Crippen molar-refractivity contribution < 1.29 is 4.92 Å². The lowest BCUT2D eigenvalue weighted by Crippen LogP contribution is -2.23. The smallest absolute Gasteiger partial charge is 0.239 e. The molecule has 1 saturated carbocycles. The molecule has 1 N–H and O–H groups in total. The van der Waals surface area contributed by atoms with Crippen molar-refractivity contribution in [2.24, 2.45) is 11.8 Å². The van der Waals surface area contributed by atoms with Gasteiger partial charge in [0.05, 0.1) is 9.93 Å². The van der Waals surface area contributed by atoms with Crippen molar-refractivity contribution in [1.82, 2.24) is 4.98 Å². The van der Waals surface area contributed by atoms with Gasteiger partial charge in [0, 0.05) is 22.4 Å². The van der Waals surface area contributed by atoms with Gasteiger partial charge < -0.3 is 5.41 Å². The zero-order chi connectivity index (χ0) is 15.4. The van der Waals surface area contributed by atoms with Gasteiger partial charge in [0.1, 0.15) is 0 Å². The van der Waals surface area contributed by atoms with Gasteiger partial charge in [-0.1, -0.05) is 13.8 Å². The first-order valence-electron chi connectivity index (χ1n) is 7.35. The fourth-order valence-corrected chi connectivity index (χ4v) is 3.84. The highest BCUT2D eigenvalue weighted by Gasteiger charge is 2.27. The number of nitro groups is 1. The first-order chi connectivity index (χ1) is 9.99. The molecule has 1 heterocycles. The third kappa shape index (κ3) is 4.20. The Labute approximate surface area is 128 Å². The lowest BCUT2D eigenvalue weighted by atomic mass is 9.76. The van der Waals surface area contributed by atoms with E-state index < -0.39 is 4.92 Å². The molecule has 2 unspecified atom stereocenters. The quantitative estimate of drug-likeness (QED) is 0.662. The molecule has 0 radical (unpaired) electrons. The van der Waals surface area contributed by atoms with Crippen LogP contribution in [0.25, 0.3) is 0 Å². The SMILES string of the molecule is CCc1ncc(CC(C)C2CCC(=N)/C(=C\[N+](=O)[O-])C2)s1. The predicted octanol–water partition coefficient (Wildman–Crippen LogP) is 3.86. The van der Waals surface area contributed by atoms with Crippen LogP contribution >= 0.6 is 11.3 Å². The maximum absolute atomic E-state index is 10.6. The summed E-state index contributed by atoms with van der Waals surface area (Å²) in [7, 11) is 0. The standard InChI is InChI=1S/C15H21N3O2S/c1-3-15-17-8-13(21-15)6-10(2)11-4-5-14(16)12(7-11)9-18(19)20/h8-11,16H,3-7H2,1-2H3/b12-9-,16-14?. The summed E-state index contributed by atoms with van der Waals surface area (Å²) >= 11 is 1.76. The van der Waals surface area contributed by atoms with E-state index in [1.807, 2.05) is 6.20 Å².